The monoisotopic (exact) mass is 272 g/mol. The van der Waals surface area contributed by atoms with Gasteiger partial charge in [0.15, 0.2) is 5.82 Å². The lowest BCUT2D eigenvalue weighted by Crippen LogP contribution is -2.44. The lowest BCUT2D eigenvalue weighted by molar-refractivity contribution is 0.190. The summed E-state index contributed by atoms with van der Waals surface area (Å²) < 4.78 is 1.81. The molecular formula is C14H20N6. The number of piperidine rings is 1. The number of hydrogen-bond donors (Lipinski definition) is 1. The first-order valence-corrected chi connectivity index (χ1v) is 7.08. The van der Waals surface area contributed by atoms with Crippen molar-refractivity contribution in [3.05, 3.63) is 36.2 Å². The quantitative estimate of drug-likeness (QED) is 0.894. The summed E-state index contributed by atoms with van der Waals surface area (Å²) >= 11 is 0. The van der Waals surface area contributed by atoms with Crippen molar-refractivity contribution in [2.24, 2.45) is 0 Å². The van der Waals surface area contributed by atoms with E-state index in [0.717, 1.165) is 31.1 Å². The van der Waals surface area contributed by atoms with Gasteiger partial charge in [0.1, 0.15) is 0 Å². The molecule has 1 atom stereocenters. The molecule has 0 amide bonds. The summed E-state index contributed by atoms with van der Waals surface area (Å²) in [5.74, 6) is 0.879. The number of aromatic nitrogens is 4. The van der Waals surface area contributed by atoms with Gasteiger partial charge in [-0.3, -0.25) is 4.90 Å². The molecule has 0 aliphatic carbocycles. The molecule has 0 bridgehead atoms. The van der Waals surface area contributed by atoms with Crippen molar-refractivity contribution in [3.63, 3.8) is 0 Å². The summed E-state index contributed by atoms with van der Waals surface area (Å²) in [6, 6.07) is 10.6. The fourth-order valence-electron chi connectivity index (χ4n) is 2.64. The summed E-state index contributed by atoms with van der Waals surface area (Å²) in [7, 11) is 2.14. The SMILES string of the molecule is CN(Cc1nnnn1-c1ccccc1)C1CCCNC1. The molecule has 0 saturated carbocycles. The highest BCUT2D eigenvalue weighted by Crippen LogP contribution is 2.13. The molecule has 1 aromatic heterocycles. The average Bonchev–Trinajstić information content (AvgIpc) is 2.97. The Morgan fingerprint density at radius 3 is 2.95 bits per heavy atom. The first kappa shape index (κ1) is 13.2. The van der Waals surface area contributed by atoms with Gasteiger partial charge in [-0.2, -0.15) is 4.68 Å². The summed E-state index contributed by atoms with van der Waals surface area (Å²) in [4.78, 5) is 2.33. The van der Waals surface area contributed by atoms with Gasteiger partial charge in [0.05, 0.1) is 12.2 Å². The van der Waals surface area contributed by atoms with E-state index in [1.54, 1.807) is 0 Å². The number of hydrogen-bond acceptors (Lipinski definition) is 5. The van der Waals surface area contributed by atoms with Crippen LogP contribution in [-0.4, -0.2) is 51.3 Å². The molecule has 3 rings (SSSR count). The summed E-state index contributed by atoms with van der Waals surface area (Å²) in [5, 5.41) is 15.5. The fraction of sp³-hybridized carbons (Fsp3) is 0.500. The maximum atomic E-state index is 4.17. The molecule has 1 aliphatic heterocycles. The van der Waals surface area contributed by atoms with E-state index in [4.69, 9.17) is 0 Å². The number of tetrazole rings is 1. The van der Waals surface area contributed by atoms with Crippen molar-refractivity contribution in [1.82, 2.24) is 30.4 Å². The van der Waals surface area contributed by atoms with Crippen LogP contribution in [-0.2, 0) is 6.54 Å². The van der Waals surface area contributed by atoms with Gasteiger partial charge in [0.25, 0.3) is 0 Å². The molecule has 20 heavy (non-hydrogen) atoms. The Balaban J connectivity index is 1.73. The highest BCUT2D eigenvalue weighted by atomic mass is 15.5. The average molecular weight is 272 g/mol. The molecule has 1 fully saturated rings. The van der Waals surface area contributed by atoms with Crippen LogP contribution in [0.1, 0.15) is 18.7 Å². The summed E-state index contributed by atoms with van der Waals surface area (Å²) in [6.45, 7) is 2.93. The Morgan fingerprint density at radius 2 is 2.20 bits per heavy atom. The van der Waals surface area contributed by atoms with E-state index in [0.29, 0.717) is 6.04 Å². The van der Waals surface area contributed by atoms with Crippen LogP contribution >= 0.6 is 0 Å². The van der Waals surface area contributed by atoms with Gasteiger partial charge < -0.3 is 5.32 Å². The van der Waals surface area contributed by atoms with Gasteiger partial charge in [0.2, 0.25) is 0 Å². The van der Waals surface area contributed by atoms with Crippen LogP contribution < -0.4 is 5.32 Å². The maximum absolute atomic E-state index is 4.17. The van der Waals surface area contributed by atoms with E-state index in [9.17, 15) is 0 Å². The Kier molecular flexibility index (Phi) is 4.03. The number of para-hydroxylation sites is 1. The first-order chi connectivity index (χ1) is 9.84. The largest absolute Gasteiger partial charge is 0.315 e. The second-order valence-corrected chi connectivity index (χ2v) is 5.26. The van der Waals surface area contributed by atoms with Crippen molar-refractivity contribution >= 4 is 0 Å². The van der Waals surface area contributed by atoms with E-state index in [1.807, 2.05) is 35.0 Å². The van der Waals surface area contributed by atoms with Crippen LogP contribution in [0.15, 0.2) is 30.3 Å². The number of nitrogens with zero attached hydrogens (tertiary/aromatic N) is 5. The first-order valence-electron chi connectivity index (χ1n) is 7.08. The van der Waals surface area contributed by atoms with Crippen LogP contribution in [0, 0.1) is 0 Å². The number of rotatable bonds is 4. The predicted molar refractivity (Wildman–Crippen MR) is 76.5 cm³/mol. The normalized spacial score (nSPS) is 19.4. The summed E-state index contributed by atoms with van der Waals surface area (Å²) in [6.07, 6.45) is 2.47. The number of benzene rings is 1. The van der Waals surface area contributed by atoms with Crippen LogP contribution in [0.5, 0.6) is 0 Å². The molecule has 1 aliphatic rings. The number of likely N-dealkylation sites (N-methyl/N-ethyl adjacent to an activating group) is 1. The molecular weight excluding hydrogens is 252 g/mol. The zero-order valence-electron chi connectivity index (χ0n) is 11.7. The van der Waals surface area contributed by atoms with E-state index in [1.165, 1.54) is 12.8 Å². The van der Waals surface area contributed by atoms with Crippen molar-refractivity contribution in [3.8, 4) is 5.69 Å². The molecule has 2 heterocycles. The Labute approximate surface area is 118 Å². The molecule has 1 N–H and O–H groups in total. The van der Waals surface area contributed by atoms with Gasteiger partial charge >= 0.3 is 0 Å². The molecule has 1 aromatic carbocycles. The standard InChI is InChI=1S/C14H20N6/c1-19(13-8-5-9-15-10-13)11-14-16-17-18-20(14)12-6-3-2-4-7-12/h2-4,6-7,13,15H,5,8-11H2,1H3. The third-order valence-electron chi connectivity index (χ3n) is 3.82. The smallest absolute Gasteiger partial charge is 0.170 e. The molecule has 0 radical (unpaired) electrons. The fourth-order valence-corrected chi connectivity index (χ4v) is 2.64. The van der Waals surface area contributed by atoms with E-state index in [-0.39, 0.29) is 0 Å². The topological polar surface area (TPSA) is 58.9 Å². The lowest BCUT2D eigenvalue weighted by atomic mass is 10.1. The van der Waals surface area contributed by atoms with Gasteiger partial charge in [-0.15, -0.1) is 5.10 Å². The molecule has 106 valence electrons. The van der Waals surface area contributed by atoms with Crippen LogP contribution in [0.2, 0.25) is 0 Å². The van der Waals surface area contributed by atoms with E-state index in [2.05, 4.69) is 32.8 Å². The van der Waals surface area contributed by atoms with Crippen molar-refractivity contribution < 1.29 is 0 Å². The van der Waals surface area contributed by atoms with Gasteiger partial charge in [-0.25, -0.2) is 0 Å². The van der Waals surface area contributed by atoms with E-state index >= 15 is 0 Å². The van der Waals surface area contributed by atoms with Crippen LogP contribution in [0.3, 0.4) is 0 Å². The summed E-state index contributed by atoms with van der Waals surface area (Å²) in [5.41, 5.74) is 1.00. The molecule has 1 saturated heterocycles. The van der Waals surface area contributed by atoms with Gasteiger partial charge in [-0.05, 0) is 49.0 Å². The molecule has 6 nitrogen and oxygen atoms in total. The highest BCUT2D eigenvalue weighted by Gasteiger charge is 2.20. The molecule has 6 heteroatoms. The lowest BCUT2D eigenvalue weighted by Gasteiger charge is -2.31. The maximum Gasteiger partial charge on any atom is 0.170 e. The molecule has 1 unspecified atom stereocenters. The minimum atomic E-state index is 0.560. The zero-order valence-corrected chi connectivity index (χ0v) is 11.7. The van der Waals surface area contributed by atoms with Crippen molar-refractivity contribution in [2.45, 2.75) is 25.4 Å². The molecule has 2 aromatic rings. The van der Waals surface area contributed by atoms with Gasteiger partial charge in [0, 0.05) is 12.6 Å². The predicted octanol–water partition coefficient (Wildman–Crippen LogP) is 0.846. The molecule has 0 spiro atoms. The Morgan fingerprint density at radius 1 is 1.35 bits per heavy atom. The Bertz CT molecular complexity index is 532. The van der Waals surface area contributed by atoms with Gasteiger partial charge in [-0.1, -0.05) is 18.2 Å². The van der Waals surface area contributed by atoms with Crippen molar-refractivity contribution in [1.29, 1.82) is 0 Å². The third-order valence-corrected chi connectivity index (χ3v) is 3.82. The minimum Gasteiger partial charge on any atom is -0.315 e. The Hall–Kier alpha value is -1.79. The second kappa shape index (κ2) is 6.11. The van der Waals surface area contributed by atoms with Crippen LogP contribution in [0.4, 0.5) is 0 Å². The third kappa shape index (κ3) is 2.86. The zero-order chi connectivity index (χ0) is 13.8. The van der Waals surface area contributed by atoms with Crippen molar-refractivity contribution in [2.75, 3.05) is 20.1 Å². The second-order valence-electron chi connectivity index (χ2n) is 5.26. The van der Waals surface area contributed by atoms with E-state index < -0.39 is 0 Å². The number of nitrogens with one attached hydrogen (secondary N) is 1. The highest BCUT2D eigenvalue weighted by molar-refractivity contribution is 5.30. The minimum absolute atomic E-state index is 0.560. The van der Waals surface area contributed by atoms with Crippen LogP contribution in [0.25, 0.3) is 5.69 Å².